The van der Waals surface area contributed by atoms with Gasteiger partial charge in [0, 0.05) is 38.8 Å². The maximum Gasteiger partial charge on any atom is 0.435 e. The summed E-state index contributed by atoms with van der Waals surface area (Å²) in [5, 5.41) is 9.63. The molecule has 9 heteroatoms. The van der Waals surface area contributed by atoms with E-state index in [2.05, 4.69) is 20.6 Å². The minimum Gasteiger partial charge on any atom is -0.347 e. The van der Waals surface area contributed by atoms with E-state index >= 15 is 0 Å². The third kappa shape index (κ3) is 5.40. The third-order valence-electron chi connectivity index (χ3n) is 5.54. The summed E-state index contributed by atoms with van der Waals surface area (Å²) in [4.78, 5) is 15.0. The van der Waals surface area contributed by atoms with Crippen molar-refractivity contribution in [3.05, 3.63) is 52.8 Å². The van der Waals surface area contributed by atoms with Crippen LogP contribution in [-0.2, 0) is 12.7 Å². The monoisotopic (exact) mass is 423 g/mol. The molecule has 6 nitrogen and oxygen atoms in total. The summed E-state index contributed by atoms with van der Waals surface area (Å²) in [5.41, 5.74) is 0.868. The fourth-order valence-electron chi connectivity index (χ4n) is 3.71. The summed E-state index contributed by atoms with van der Waals surface area (Å²) in [6.07, 6.45) is -3.29. The van der Waals surface area contributed by atoms with Crippen LogP contribution in [0, 0.1) is 6.92 Å². The molecular formula is C21H28F3N5O. The van der Waals surface area contributed by atoms with Crippen molar-refractivity contribution in [2.75, 3.05) is 33.2 Å². The first-order valence-corrected chi connectivity index (χ1v) is 10.2. The number of hydrogen-bond acceptors (Lipinski definition) is 4. The number of benzene rings is 1. The smallest absolute Gasteiger partial charge is 0.347 e. The first-order valence-electron chi connectivity index (χ1n) is 10.2. The Morgan fingerprint density at radius 1 is 1.23 bits per heavy atom. The van der Waals surface area contributed by atoms with Crippen molar-refractivity contribution in [3.8, 4) is 0 Å². The summed E-state index contributed by atoms with van der Waals surface area (Å²) >= 11 is 0. The standard InChI is InChI=1S/C21H28F3N5O/c1-15-5-3-4-6-16(15)14-26-20(30)18-13-19(21(22,23)24)27-29(18)17-7-10-28(11-8-17)12-9-25-2/h3-6,13,17,25H,7-12,14H2,1-2H3,(H,26,30). The molecule has 0 bridgehead atoms. The summed E-state index contributed by atoms with van der Waals surface area (Å²) in [5.74, 6) is -0.543. The molecule has 0 unspecified atom stereocenters. The van der Waals surface area contributed by atoms with Crippen molar-refractivity contribution in [2.24, 2.45) is 0 Å². The molecule has 1 aliphatic heterocycles. The normalized spacial score (nSPS) is 16.0. The topological polar surface area (TPSA) is 62.2 Å². The Kier molecular flexibility index (Phi) is 7.14. The van der Waals surface area contributed by atoms with Gasteiger partial charge in [-0.3, -0.25) is 9.48 Å². The van der Waals surface area contributed by atoms with Gasteiger partial charge in [-0.2, -0.15) is 18.3 Å². The van der Waals surface area contributed by atoms with Crippen molar-refractivity contribution in [2.45, 2.75) is 38.5 Å². The van der Waals surface area contributed by atoms with E-state index in [-0.39, 0.29) is 18.3 Å². The van der Waals surface area contributed by atoms with Gasteiger partial charge in [0.1, 0.15) is 5.69 Å². The summed E-state index contributed by atoms with van der Waals surface area (Å²) in [6, 6.07) is 8.20. The number of alkyl halides is 3. The van der Waals surface area contributed by atoms with Crippen molar-refractivity contribution in [1.82, 2.24) is 25.3 Å². The molecule has 0 saturated carbocycles. The van der Waals surface area contributed by atoms with Crippen LogP contribution < -0.4 is 10.6 Å². The number of aryl methyl sites for hydroxylation is 1. The summed E-state index contributed by atoms with van der Waals surface area (Å²) < 4.78 is 41.2. The molecule has 1 saturated heterocycles. The lowest BCUT2D eigenvalue weighted by Crippen LogP contribution is -2.39. The quantitative estimate of drug-likeness (QED) is 0.719. The minimum atomic E-state index is -4.59. The zero-order valence-corrected chi connectivity index (χ0v) is 17.3. The van der Waals surface area contributed by atoms with Crippen molar-refractivity contribution in [1.29, 1.82) is 0 Å². The molecule has 2 heterocycles. The van der Waals surface area contributed by atoms with Gasteiger partial charge in [-0.05, 0) is 37.9 Å². The third-order valence-corrected chi connectivity index (χ3v) is 5.54. The average molecular weight is 423 g/mol. The van der Waals surface area contributed by atoms with E-state index in [1.165, 1.54) is 4.68 Å². The van der Waals surface area contributed by atoms with Crippen LogP contribution in [0.25, 0.3) is 0 Å². The number of likely N-dealkylation sites (tertiary alicyclic amines) is 1. The number of hydrogen-bond donors (Lipinski definition) is 2. The van der Waals surface area contributed by atoms with E-state index in [0.29, 0.717) is 12.8 Å². The molecule has 1 amide bonds. The maximum absolute atomic E-state index is 13.3. The minimum absolute atomic E-state index is 0.0374. The maximum atomic E-state index is 13.3. The van der Waals surface area contributed by atoms with Gasteiger partial charge in [0.15, 0.2) is 5.69 Å². The number of rotatable bonds is 7. The Morgan fingerprint density at radius 2 is 1.93 bits per heavy atom. The van der Waals surface area contributed by atoms with Gasteiger partial charge in [0.25, 0.3) is 5.91 Å². The lowest BCUT2D eigenvalue weighted by molar-refractivity contribution is -0.141. The highest BCUT2D eigenvalue weighted by Crippen LogP contribution is 2.31. The first-order chi connectivity index (χ1) is 14.3. The predicted molar refractivity (Wildman–Crippen MR) is 108 cm³/mol. The number of nitrogens with zero attached hydrogens (tertiary/aromatic N) is 3. The highest BCUT2D eigenvalue weighted by molar-refractivity contribution is 5.92. The van der Waals surface area contributed by atoms with Crippen molar-refractivity contribution >= 4 is 5.91 Å². The molecular weight excluding hydrogens is 395 g/mol. The lowest BCUT2D eigenvalue weighted by Gasteiger charge is -2.32. The fraction of sp³-hybridized carbons (Fsp3) is 0.524. The molecule has 2 aromatic rings. The van der Waals surface area contributed by atoms with Gasteiger partial charge in [-0.1, -0.05) is 24.3 Å². The Bertz CT molecular complexity index is 857. The van der Waals surface area contributed by atoms with Crippen LogP contribution in [0.1, 0.15) is 46.2 Å². The Labute approximate surface area is 174 Å². The molecule has 0 aliphatic carbocycles. The number of nitrogens with one attached hydrogen (secondary N) is 2. The summed E-state index contributed by atoms with van der Waals surface area (Å²) in [6.45, 7) is 5.45. The number of carbonyl (C=O) groups is 1. The highest BCUT2D eigenvalue weighted by atomic mass is 19.4. The number of piperidine rings is 1. The number of aromatic nitrogens is 2. The molecule has 1 aromatic heterocycles. The van der Waals surface area contributed by atoms with E-state index in [4.69, 9.17) is 0 Å². The van der Waals surface area contributed by atoms with Crippen molar-refractivity contribution < 1.29 is 18.0 Å². The van der Waals surface area contributed by atoms with Crippen LogP contribution in [0.5, 0.6) is 0 Å². The van der Waals surface area contributed by atoms with Crippen LogP contribution >= 0.6 is 0 Å². The van der Waals surface area contributed by atoms with Gasteiger partial charge in [0.2, 0.25) is 0 Å². The van der Waals surface area contributed by atoms with Crippen LogP contribution in [0.4, 0.5) is 13.2 Å². The van der Waals surface area contributed by atoms with Crippen LogP contribution in [0.15, 0.2) is 30.3 Å². The van der Waals surface area contributed by atoms with Crippen molar-refractivity contribution in [3.63, 3.8) is 0 Å². The number of halogens is 3. The fourth-order valence-corrected chi connectivity index (χ4v) is 3.71. The van der Waals surface area contributed by atoms with Gasteiger partial charge in [-0.15, -0.1) is 0 Å². The van der Waals surface area contributed by atoms with E-state index in [0.717, 1.165) is 43.4 Å². The molecule has 1 aliphatic rings. The van der Waals surface area contributed by atoms with E-state index in [1.54, 1.807) is 0 Å². The molecule has 164 valence electrons. The molecule has 0 spiro atoms. The van der Waals surface area contributed by atoms with Crippen LogP contribution in [-0.4, -0.2) is 53.8 Å². The molecule has 30 heavy (non-hydrogen) atoms. The molecule has 1 fully saturated rings. The average Bonchev–Trinajstić information content (AvgIpc) is 3.18. The van der Waals surface area contributed by atoms with Crippen LogP contribution in [0.3, 0.4) is 0 Å². The number of carbonyl (C=O) groups excluding carboxylic acids is 1. The van der Waals surface area contributed by atoms with Gasteiger partial charge < -0.3 is 15.5 Å². The SMILES string of the molecule is CNCCN1CCC(n2nc(C(F)(F)F)cc2C(=O)NCc2ccccc2C)CC1. The Balaban J connectivity index is 1.75. The lowest BCUT2D eigenvalue weighted by atomic mass is 10.0. The molecule has 1 aromatic carbocycles. The molecule has 0 atom stereocenters. The summed E-state index contributed by atoms with van der Waals surface area (Å²) in [7, 11) is 1.89. The van der Waals surface area contributed by atoms with E-state index in [1.807, 2.05) is 38.2 Å². The second-order valence-corrected chi connectivity index (χ2v) is 7.64. The van der Waals surface area contributed by atoms with E-state index < -0.39 is 17.8 Å². The molecule has 3 rings (SSSR count). The zero-order chi connectivity index (χ0) is 21.7. The second-order valence-electron chi connectivity index (χ2n) is 7.64. The number of likely N-dealkylation sites (N-methyl/N-ethyl adjacent to an activating group) is 1. The Morgan fingerprint density at radius 3 is 2.57 bits per heavy atom. The van der Waals surface area contributed by atoms with Gasteiger partial charge in [0.05, 0.1) is 6.04 Å². The van der Waals surface area contributed by atoms with Gasteiger partial charge >= 0.3 is 6.18 Å². The second kappa shape index (κ2) is 9.61. The van der Waals surface area contributed by atoms with Crippen LogP contribution in [0.2, 0.25) is 0 Å². The molecule has 0 radical (unpaired) electrons. The Hall–Kier alpha value is -2.39. The molecule has 2 N–H and O–H groups in total. The predicted octanol–water partition coefficient (Wildman–Crippen LogP) is 3.00. The first kappa shape index (κ1) is 22.3. The zero-order valence-electron chi connectivity index (χ0n) is 17.3. The van der Waals surface area contributed by atoms with Gasteiger partial charge in [-0.25, -0.2) is 0 Å². The highest BCUT2D eigenvalue weighted by Gasteiger charge is 2.37. The van der Waals surface area contributed by atoms with E-state index in [9.17, 15) is 18.0 Å². The largest absolute Gasteiger partial charge is 0.435 e. The number of amides is 1.